The Morgan fingerprint density at radius 1 is 1.09 bits per heavy atom. The molecule has 0 aliphatic rings. The fourth-order valence-electron chi connectivity index (χ4n) is 2.33. The Bertz CT molecular complexity index is 610. The van der Waals surface area contributed by atoms with Crippen molar-refractivity contribution in [2.75, 3.05) is 13.2 Å². The summed E-state index contributed by atoms with van der Waals surface area (Å²) >= 11 is 0. The van der Waals surface area contributed by atoms with Crippen LogP contribution in [0.25, 0.3) is 0 Å². The maximum absolute atomic E-state index is 5.68. The van der Waals surface area contributed by atoms with Crippen molar-refractivity contribution in [1.82, 2.24) is 5.32 Å². The second-order valence-corrected chi connectivity index (χ2v) is 5.33. The number of benzene rings is 2. The van der Waals surface area contributed by atoms with E-state index in [9.17, 15) is 0 Å². The van der Waals surface area contributed by atoms with Gasteiger partial charge in [0.25, 0.3) is 0 Å². The first kappa shape index (κ1) is 17.1. The third kappa shape index (κ3) is 5.15. The van der Waals surface area contributed by atoms with Gasteiger partial charge in [0.1, 0.15) is 6.61 Å². The Morgan fingerprint density at radius 3 is 2.57 bits per heavy atom. The molecular weight excluding hydrogens is 286 g/mol. The first-order chi connectivity index (χ1) is 11.2. The molecule has 0 saturated carbocycles. The van der Waals surface area contributed by atoms with Gasteiger partial charge in [-0.15, -0.1) is 0 Å². The molecule has 0 unspecified atom stereocenters. The van der Waals surface area contributed by atoms with Crippen molar-refractivity contribution >= 4 is 0 Å². The van der Waals surface area contributed by atoms with Crippen molar-refractivity contribution in [3.63, 3.8) is 0 Å². The fourth-order valence-corrected chi connectivity index (χ4v) is 2.33. The van der Waals surface area contributed by atoms with Gasteiger partial charge in [-0.3, -0.25) is 0 Å². The van der Waals surface area contributed by atoms with Gasteiger partial charge in [-0.05, 0) is 37.1 Å². The Balaban J connectivity index is 2.02. The van der Waals surface area contributed by atoms with Gasteiger partial charge in [-0.2, -0.15) is 0 Å². The van der Waals surface area contributed by atoms with Crippen LogP contribution in [0, 0.1) is 0 Å². The third-order valence-electron chi connectivity index (χ3n) is 3.58. The number of hydrogen-bond donors (Lipinski definition) is 1. The smallest absolute Gasteiger partial charge is 0.161 e. The number of nitrogens with one attached hydrogen (secondary N) is 1. The topological polar surface area (TPSA) is 30.5 Å². The van der Waals surface area contributed by atoms with Gasteiger partial charge in [-0.25, -0.2) is 0 Å². The highest BCUT2D eigenvalue weighted by atomic mass is 16.5. The zero-order chi connectivity index (χ0) is 16.5. The SMILES string of the molecule is C=CCOc1ccc(CN[C@H](C)c2ccccc2)cc1OCC. The molecule has 0 bridgehead atoms. The van der Waals surface area contributed by atoms with Crippen LogP contribution < -0.4 is 14.8 Å². The summed E-state index contributed by atoms with van der Waals surface area (Å²) in [6.07, 6.45) is 1.73. The van der Waals surface area contributed by atoms with E-state index in [0.29, 0.717) is 19.3 Å². The fraction of sp³-hybridized carbons (Fsp3) is 0.300. The van der Waals surface area contributed by atoms with Crippen LogP contribution in [0.5, 0.6) is 11.5 Å². The quantitative estimate of drug-likeness (QED) is 0.692. The third-order valence-corrected chi connectivity index (χ3v) is 3.58. The Labute approximate surface area is 138 Å². The van der Waals surface area contributed by atoms with Gasteiger partial charge in [0, 0.05) is 12.6 Å². The molecule has 122 valence electrons. The summed E-state index contributed by atoms with van der Waals surface area (Å²) in [5, 5.41) is 3.53. The lowest BCUT2D eigenvalue weighted by molar-refractivity contribution is 0.296. The normalized spacial score (nSPS) is 11.7. The highest BCUT2D eigenvalue weighted by molar-refractivity contribution is 5.43. The standard InChI is InChI=1S/C20H25NO2/c1-4-13-23-19-12-11-17(14-20(19)22-5-2)15-21-16(3)18-9-7-6-8-10-18/h4,6-12,14,16,21H,1,5,13,15H2,2-3H3/t16-/m1/s1. The van der Waals surface area contributed by atoms with Crippen molar-refractivity contribution in [2.45, 2.75) is 26.4 Å². The number of ether oxygens (including phenoxy) is 2. The van der Waals surface area contributed by atoms with Crippen molar-refractivity contribution in [1.29, 1.82) is 0 Å². The Kier molecular flexibility index (Phi) is 6.70. The van der Waals surface area contributed by atoms with E-state index in [4.69, 9.17) is 9.47 Å². The van der Waals surface area contributed by atoms with E-state index in [2.05, 4.69) is 49.2 Å². The van der Waals surface area contributed by atoms with E-state index >= 15 is 0 Å². The average Bonchev–Trinajstić information content (AvgIpc) is 2.60. The minimum atomic E-state index is 0.295. The number of hydrogen-bond acceptors (Lipinski definition) is 3. The summed E-state index contributed by atoms with van der Waals surface area (Å²) in [6, 6.07) is 16.8. The first-order valence-electron chi connectivity index (χ1n) is 8.02. The average molecular weight is 311 g/mol. The molecule has 2 aromatic carbocycles. The van der Waals surface area contributed by atoms with Gasteiger partial charge >= 0.3 is 0 Å². The maximum atomic E-state index is 5.68. The molecule has 3 nitrogen and oxygen atoms in total. The van der Waals surface area contributed by atoms with Gasteiger partial charge in [0.2, 0.25) is 0 Å². The van der Waals surface area contributed by atoms with E-state index < -0.39 is 0 Å². The molecule has 0 spiro atoms. The Morgan fingerprint density at radius 2 is 1.87 bits per heavy atom. The van der Waals surface area contributed by atoms with Crippen LogP contribution in [0.2, 0.25) is 0 Å². The lowest BCUT2D eigenvalue weighted by Gasteiger charge is -2.16. The van der Waals surface area contributed by atoms with Crippen molar-refractivity contribution in [3.8, 4) is 11.5 Å². The molecule has 2 aromatic rings. The first-order valence-corrected chi connectivity index (χ1v) is 8.02. The minimum absolute atomic E-state index is 0.295. The summed E-state index contributed by atoms with van der Waals surface area (Å²) in [4.78, 5) is 0. The predicted octanol–water partition coefficient (Wildman–Crippen LogP) is 4.50. The highest BCUT2D eigenvalue weighted by Crippen LogP contribution is 2.28. The second-order valence-electron chi connectivity index (χ2n) is 5.33. The van der Waals surface area contributed by atoms with Crippen molar-refractivity contribution in [3.05, 3.63) is 72.3 Å². The lowest BCUT2D eigenvalue weighted by atomic mass is 10.1. The van der Waals surface area contributed by atoms with Gasteiger partial charge in [0.05, 0.1) is 6.61 Å². The van der Waals surface area contributed by atoms with Crippen LogP contribution in [0.15, 0.2) is 61.2 Å². The summed E-state index contributed by atoms with van der Waals surface area (Å²) in [5.41, 5.74) is 2.45. The Hall–Kier alpha value is -2.26. The van der Waals surface area contributed by atoms with Gasteiger partial charge < -0.3 is 14.8 Å². The highest BCUT2D eigenvalue weighted by Gasteiger charge is 2.08. The van der Waals surface area contributed by atoms with Crippen LogP contribution >= 0.6 is 0 Å². The van der Waals surface area contributed by atoms with E-state index in [1.54, 1.807) is 6.08 Å². The second kappa shape index (κ2) is 9.01. The maximum Gasteiger partial charge on any atom is 0.161 e. The summed E-state index contributed by atoms with van der Waals surface area (Å²) < 4.78 is 11.3. The van der Waals surface area contributed by atoms with E-state index in [1.807, 2.05) is 25.1 Å². The molecule has 0 saturated heterocycles. The monoisotopic (exact) mass is 311 g/mol. The molecule has 3 heteroatoms. The summed E-state index contributed by atoms with van der Waals surface area (Å²) in [6.45, 7) is 9.67. The largest absolute Gasteiger partial charge is 0.490 e. The van der Waals surface area contributed by atoms with Crippen LogP contribution in [0.3, 0.4) is 0 Å². The summed E-state index contributed by atoms with van der Waals surface area (Å²) in [7, 11) is 0. The van der Waals surface area contributed by atoms with E-state index in [0.717, 1.165) is 18.0 Å². The van der Waals surface area contributed by atoms with Crippen LogP contribution in [0.1, 0.15) is 31.0 Å². The molecule has 2 rings (SSSR count). The van der Waals surface area contributed by atoms with E-state index in [-0.39, 0.29) is 0 Å². The summed E-state index contributed by atoms with van der Waals surface area (Å²) in [5.74, 6) is 1.53. The van der Waals surface area contributed by atoms with Crippen molar-refractivity contribution < 1.29 is 9.47 Å². The van der Waals surface area contributed by atoms with Gasteiger partial charge in [-0.1, -0.05) is 49.1 Å². The predicted molar refractivity (Wildman–Crippen MR) is 95.0 cm³/mol. The number of rotatable bonds is 9. The van der Waals surface area contributed by atoms with Crippen LogP contribution in [-0.4, -0.2) is 13.2 Å². The zero-order valence-corrected chi connectivity index (χ0v) is 13.9. The molecule has 1 N–H and O–H groups in total. The molecular formula is C20H25NO2. The molecule has 0 aromatic heterocycles. The van der Waals surface area contributed by atoms with Crippen LogP contribution in [-0.2, 0) is 6.54 Å². The van der Waals surface area contributed by atoms with Crippen molar-refractivity contribution in [2.24, 2.45) is 0 Å². The molecule has 0 heterocycles. The molecule has 0 fully saturated rings. The molecule has 0 amide bonds. The van der Waals surface area contributed by atoms with Crippen LogP contribution in [0.4, 0.5) is 0 Å². The lowest BCUT2D eigenvalue weighted by Crippen LogP contribution is -2.18. The molecule has 1 atom stereocenters. The van der Waals surface area contributed by atoms with Gasteiger partial charge in [0.15, 0.2) is 11.5 Å². The van der Waals surface area contributed by atoms with E-state index in [1.165, 1.54) is 11.1 Å². The zero-order valence-electron chi connectivity index (χ0n) is 13.9. The molecule has 0 aliphatic carbocycles. The molecule has 0 aliphatic heterocycles. The molecule has 23 heavy (non-hydrogen) atoms. The minimum Gasteiger partial charge on any atom is -0.490 e. The molecule has 0 radical (unpaired) electrons.